The molecule has 0 radical (unpaired) electrons. The minimum absolute atomic E-state index is 0. The summed E-state index contributed by atoms with van der Waals surface area (Å²) in [6.07, 6.45) is 2.73. The Morgan fingerprint density at radius 2 is 2.12 bits per heavy atom. The van der Waals surface area contributed by atoms with Crippen LogP contribution in [0.2, 0.25) is 0 Å². The Kier molecular flexibility index (Phi) is 9.77. The van der Waals surface area contributed by atoms with Crippen molar-refractivity contribution in [3.05, 3.63) is 35.6 Å². The maximum atomic E-state index is 13.6. The van der Waals surface area contributed by atoms with Gasteiger partial charge in [0.15, 0.2) is 5.96 Å². The third-order valence-corrected chi connectivity index (χ3v) is 4.27. The first-order valence-corrected chi connectivity index (χ1v) is 8.56. The van der Waals surface area contributed by atoms with Gasteiger partial charge in [-0.1, -0.05) is 25.1 Å². The SMILES string of the molecule is CN=C(NCCC(=O)N1CCCC(C)C1)NCc1ccccc1F.I. The highest BCUT2D eigenvalue weighted by molar-refractivity contribution is 14.0. The highest BCUT2D eigenvalue weighted by Gasteiger charge is 2.20. The lowest BCUT2D eigenvalue weighted by atomic mass is 10.00. The largest absolute Gasteiger partial charge is 0.356 e. The number of aliphatic imine (C=N–C) groups is 1. The molecule has 140 valence electrons. The molecule has 0 bridgehead atoms. The van der Waals surface area contributed by atoms with Gasteiger partial charge in [0.25, 0.3) is 0 Å². The normalized spacial score (nSPS) is 17.6. The number of amides is 1. The van der Waals surface area contributed by atoms with Crippen molar-refractivity contribution in [1.82, 2.24) is 15.5 Å². The quantitative estimate of drug-likeness (QED) is 0.402. The van der Waals surface area contributed by atoms with Crippen molar-refractivity contribution in [2.75, 3.05) is 26.7 Å². The number of benzene rings is 1. The number of nitrogens with one attached hydrogen (secondary N) is 2. The zero-order valence-corrected chi connectivity index (χ0v) is 17.3. The molecule has 1 amide bonds. The number of nitrogens with zero attached hydrogens (tertiary/aromatic N) is 2. The van der Waals surface area contributed by atoms with Crippen molar-refractivity contribution >= 4 is 35.8 Å². The third kappa shape index (κ3) is 7.17. The van der Waals surface area contributed by atoms with Crippen LogP contribution in [0.4, 0.5) is 4.39 Å². The molecule has 0 saturated carbocycles. The predicted octanol–water partition coefficient (Wildman–Crippen LogP) is 2.76. The van der Waals surface area contributed by atoms with E-state index in [9.17, 15) is 9.18 Å². The second-order valence-electron chi connectivity index (χ2n) is 6.28. The molecule has 5 nitrogen and oxygen atoms in total. The number of piperidine rings is 1. The first kappa shape index (κ1) is 21.7. The van der Waals surface area contributed by atoms with Gasteiger partial charge in [0.1, 0.15) is 5.82 Å². The van der Waals surface area contributed by atoms with E-state index in [1.54, 1.807) is 25.2 Å². The number of rotatable bonds is 5. The van der Waals surface area contributed by atoms with E-state index in [-0.39, 0.29) is 35.7 Å². The fraction of sp³-hybridized carbons (Fsp3) is 0.556. The topological polar surface area (TPSA) is 56.7 Å². The Balaban J connectivity index is 0.00000312. The molecular formula is C18H28FIN4O. The summed E-state index contributed by atoms with van der Waals surface area (Å²) in [6, 6.07) is 6.63. The highest BCUT2D eigenvalue weighted by atomic mass is 127. The molecule has 25 heavy (non-hydrogen) atoms. The van der Waals surface area contributed by atoms with Gasteiger partial charge in [-0.3, -0.25) is 9.79 Å². The Morgan fingerprint density at radius 3 is 2.80 bits per heavy atom. The summed E-state index contributed by atoms with van der Waals surface area (Å²) >= 11 is 0. The highest BCUT2D eigenvalue weighted by Crippen LogP contribution is 2.15. The van der Waals surface area contributed by atoms with E-state index in [0.717, 1.165) is 19.5 Å². The fourth-order valence-electron chi connectivity index (χ4n) is 2.90. The van der Waals surface area contributed by atoms with Crippen molar-refractivity contribution < 1.29 is 9.18 Å². The number of hydrogen-bond donors (Lipinski definition) is 2. The van der Waals surface area contributed by atoms with Gasteiger partial charge in [0, 0.05) is 45.2 Å². The average molecular weight is 462 g/mol. The van der Waals surface area contributed by atoms with Gasteiger partial charge in [-0.2, -0.15) is 0 Å². The molecule has 0 aliphatic carbocycles. The summed E-state index contributed by atoms with van der Waals surface area (Å²) < 4.78 is 13.6. The van der Waals surface area contributed by atoms with Crippen LogP contribution >= 0.6 is 24.0 Å². The van der Waals surface area contributed by atoms with Gasteiger partial charge in [-0.05, 0) is 24.8 Å². The summed E-state index contributed by atoms with van der Waals surface area (Å²) in [5, 5.41) is 6.17. The minimum Gasteiger partial charge on any atom is -0.356 e. The first-order chi connectivity index (χ1) is 11.6. The summed E-state index contributed by atoms with van der Waals surface area (Å²) in [5.41, 5.74) is 0.582. The number of halogens is 2. The second kappa shape index (κ2) is 11.3. The molecule has 1 atom stereocenters. The third-order valence-electron chi connectivity index (χ3n) is 4.27. The predicted molar refractivity (Wildman–Crippen MR) is 110 cm³/mol. The van der Waals surface area contributed by atoms with Crippen LogP contribution in [-0.2, 0) is 11.3 Å². The summed E-state index contributed by atoms with van der Waals surface area (Å²) in [5.74, 6) is 1.09. The van der Waals surface area contributed by atoms with E-state index < -0.39 is 0 Å². The van der Waals surface area contributed by atoms with E-state index in [2.05, 4.69) is 22.5 Å². The van der Waals surface area contributed by atoms with E-state index >= 15 is 0 Å². The van der Waals surface area contributed by atoms with E-state index in [1.165, 1.54) is 12.5 Å². The molecule has 0 spiro atoms. The van der Waals surface area contributed by atoms with Crippen molar-refractivity contribution in [1.29, 1.82) is 0 Å². The van der Waals surface area contributed by atoms with Crippen LogP contribution in [-0.4, -0.2) is 43.4 Å². The Hall–Kier alpha value is -1.38. The summed E-state index contributed by atoms with van der Waals surface area (Å²) in [7, 11) is 1.66. The molecule has 1 aromatic rings. The molecule has 1 fully saturated rings. The minimum atomic E-state index is -0.241. The lowest BCUT2D eigenvalue weighted by Crippen LogP contribution is -2.42. The smallest absolute Gasteiger partial charge is 0.224 e. The Bertz CT molecular complexity index is 582. The van der Waals surface area contributed by atoms with Gasteiger partial charge in [-0.15, -0.1) is 24.0 Å². The zero-order valence-electron chi connectivity index (χ0n) is 14.9. The zero-order chi connectivity index (χ0) is 17.4. The van der Waals surface area contributed by atoms with Gasteiger partial charge >= 0.3 is 0 Å². The number of likely N-dealkylation sites (tertiary alicyclic amines) is 1. The molecule has 1 aliphatic heterocycles. The molecular weight excluding hydrogens is 434 g/mol. The van der Waals surface area contributed by atoms with Crippen LogP contribution in [0.25, 0.3) is 0 Å². The average Bonchev–Trinajstić information content (AvgIpc) is 2.59. The Labute approximate surface area is 166 Å². The first-order valence-electron chi connectivity index (χ1n) is 8.56. The maximum Gasteiger partial charge on any atom is 0.224 e. The summed E-state index contributed by atoms with van der Waals surface area (Å²) in [6.45, 7) is 4.78. The lowest BCUT2D eigenvalue weighted by molar-refractivity contribution is -0.132. The fourth-order valence-corrected chi connectivity index (χ4v) is 2.90. The van der Waals surface area contributed by atoms with Crippen LogP contribution in [0.1, 0.15) is 31.7 Å². The van der Waals surface area contributed by atoms with E-state index in [1.807, 2.05) is 4.90 Å². The van der Waals surface area contributed by atoms with Crippen LogP contribution in [0.5, 0.6) is 0 Å². The molecule has 1 aliphatic rings. The maximum absolute atomic E-state index is 13.6. The van der Waals surface area contributed by atoms with Crippen molar-refractivity contribution in [2.45, 2.75) is 32.7 Å². The van der Waals surface area contributed by atoms with Gasteiger partial charge in [-0.25, -0.2) is 4.39 Å². The molecule has 1 unspecified atom stereocenters. The van der Waals surface area contributed by atoms with Gasteiger partial charge < -0.3 is 15.5 Å². The molecule has 2 rings (SSSR count). The molecule has 7 heteroatoms. The molecule has 0 aromatic heterocycles. The van der Waals surface area contributed by atoms with Crippen molar-refractivity contribution in [2.24, 2.45) is 10.9 Å². The number of carbonyl (C=O) groups excluding carboxylic acids is 1. The van der Waals surface area contributed by atoms with Crippen LogP contribution in [0.3, 0.4) is 0 Å². The van der Waals surface area contributed by atoms with Crippen LogP contribution in [0.15, 0.2) is 29.3 Å². The van der Waals surface area contributed by atoms with Crippen LogP contribution < -0.4 is 10.6 Å². The number of carbonyl (C=O) groups is 1. The van der Waals surface area contributed by atoms with Crippen molar-refractivity contribution in [3.8, 4) is 0 Å². The number of hydrogen-bond acceptors (Lipinski definition) is 2. The van der Waals surface area contributed by atoms with Crippen LogP contribution in [0, 0.1) is 11.7 Å². The van der Waals surface area contributed by atoms with E-state index in [4.69, 9.17) is 0 Å². The lowest BCUT2D eigenvalue weighted by Gasteiger charge is -2.31. The molecule has 1 heterocycles. The van der Waals surface area contributed by atoms with Crippen molar-refractivity contribution in [3.63, 3.8) is 0 Å². The monoisotopic (exact) mass is 462 g/mol. The molecule has 2 N–H and O–H groups in total. The number of guanidine groups is 1. The second-order valence-corrected chi connectivity index (χ2v) is 6.28. The Morgan fingerprint density at radius 1 is 1.36 bits per heavy atom. The van der Waals surface area contributed by atoms with Gasteiger partial charge in [0.2, 0.25) is 5.91 Å². The molecule has 1 saturated heterocycles. The molecule has 1 aromatic carbocycles. The van der Waals surface area contributed by atoms with Gasteiger partial charge in [0.05, 0.1) is 0 Å². The summed E-state index contributed by atoms with van der Waals surface area (Å²) in [4.78, 5) is 18.3. The van der Waals surface area contributed by atoms with E-state index in [0.29, 0.717) is 37.0 Å². The standard InChI is InChI=1S/C18H27FN4O.HI/c1-14-6-5-11-23(13-14)17(24)9-10-21-18(20-2)22-12-15-7-3-4-8-16(15)19;/h3-4,7-8,14H,5-6,9-13H2,1-2H3,(H2,20,21,22);1H.